The van der Waals surface area contributed by atoms with Crippen molar-refractivity contribution in [3.63, 3.8) is 0 Å². The fraction of sp³-hybridized carbons (Fsp3) is 0.438. The van der Waals surface area contributed by atoms with E-state index in [9.17, 15) is 0 Å². The summed E-state index contributed by atoms with van der Waals surface area (Å²) in [5.74, 6) is 3.27. The first-order chi connectivity index (χ1) is 9.65. The van der Waals surface area contributed by atoms with Crippen molar-refractivity contribution in [2.75, 3.05) is 6.54 Å². The maximum atomic E-state index is 5.73. The Labute approximate surface area is 120 Å². The zero-order chi connectivity index (χ0) is 14.4. The molecule has 0 saturated heterocycles. The number of rotatable bonds is 7. The molecule has 0 radical (unpaired) electrons. The summed E-state index contributed by atoms with van der Waals surface area (Å²) in [7, 11) is 0. The molecule has 108 valence electrons. The van der Waals surface area contributed by atoms with Crippen LogP contribution < -0.4 is 10.1 Å². The van der Waals surface area contributed by atoms with E-state index >= 15 is 0 Å². The van der Waals surface area contributed by atoms with Gasteiger partial charge in [-0.15, -0.1) is 0 Å². The Morgan fingerprint density at radius 3 is 2.95 bits per heavy atom. The lowest BCUT2D eigenvalue weighted by Crippen LogP contribution is -2.18. The van der Waals surface area contributed by atoms with E-state index in [2.05, 4.69) is 30.2 Å². The molecule has 0 amide bonds. The third-order valence-electron chi connectivity index (χ3n) is 2.95. The third-order valence-corrected chi connectivity index (χ3v) is 2.95. The molecule has 20 heavy (non-hydrogen) atoms. The molecule has 2 aromatic heterocycles. The summed E-state index contributed by atoms with van der Waals surface area (Å²) < 4.78 is 11.4. The van der Waals surface area contributed by atoms with E-state index in [4.69, 9.17) is 9.15 Å². The summed E-state index contributed by atoms with van der Waals surface area (Å²) in [4.78, 5) is 4.02. The minimum atomic E-state index is 0.505. The second kappa shape index (κ2) is 7.10. The summed E-state index contributed by atoms with van der Waals surface area (Å²) in [6.07, 6.45) is 3.44. The molecule has 0 atom stereocenters. The summed E-state index contributed by atoms with van der Waals surface area (Å²) in [5, 5.41) is 3.37. The van der Waals surface area contributed by atoms with Crippen LogP contribution in [0.1, 0.15) is 30.9 Å². The smallest absolute Gasteiger partial charge is 0.138 e. The van der Waals surface area contributed by atoms with Gasteiger partial charge < -0.3 is 14.5 Å². The van der Waals surface area contributed by atoms with Gasteiger partial charge in [0, 0.05) is 11.8 Å². The summed E-state index contributed by atoms with van der Waals surface area (Å²) in [6, 6.07) is 5.81. The number of hydrogen-bond donors (Lipinski definition) is 1. The van der Waals surface area contributed by atoms with Gasteiger partial charge in [-0.25, -0.2) is 0 Å². The van der Waals surface area contributed by atoms with Crippen LogP contribution in [0.2, 0.25) is 0 Å². The topological polar surface area (TPSA) is 47.3 Å². The van der Waals surface area contributed by atoms with Crippen LogP contribution in [0.3, 0.4) is 0 Å². The molecular formula is C16H22N2O2. The predicted molar refractivity (Wildman–Crippen MR) is 78.6 cm³/mol. The highest BCUT2D eigenvalue weighted by Crippen LogP contribution is 2.17. The molecule has 0 fully saturated rings. The average molecular weight is 274 g/mol. The van der Waals surface area contributed by atoms with Gasteiger partial charge in [0.05, 0.1) is 12.7 Å². The second-order valence-corrected chi connectivity index (χ2v) is 5.30. The van der Waals surface area contributed by atoms with Crippen LogP contribution in [-0.4, -0.2) is 11.5 Å². The second-order valence-electron chi connectivity index (χ2n) is 5.30. The van der Waals surface area contributed by atoms with E-state index in [0.717, 1.165) is 35.9 Å². The van der Waals surface area contributed by atoms with E-state index in [-0.39, 0.29) is 0 Å². The molecule has 0 saturated carbocycles. The van der Waals surface area contributed by atoms with Gasteiger partial charge in [0.25, 0.3) is 0 Å². The highest BCUT2D eigenvalue weighted by atomic mass is 16.5. The molecule has 0 aliphatic carbocycles. The van der Waals surface area contributed by atoms with Gasteiger partial charge in [-0.3, -0.25) is 4.98 Å². The van der Waals surface area contributed by atoms with Crippen LogP contribution in [0.15, 0.2) is 35.0 Å². The lowest BCUT2D eigenvalue weighted by atomic mass is 10.2. The van der Waals surface area contributed by atoms with Crippen LogP contribution in [0.25, 0.3) is 0 Å². The number of aryl methyl sites for hydroxylation is 1. The molecule has 4 nitrogen and oxygen atoms in total. The summed E-state index contributed by atoms with van der Waals surface area (Å²) in [6.45, 7) is 8.59. The molecule has 0 spiro atoms. The summed E-state index contributed by atoms with van der Waals surface area (Å²) in [5.41, 5.74) is 1.08. The standard InChI is InChI=1S/C16H22N2O2/c1-12(2)8-18-10-16-7-14(13(3)20-16)11-19-15-5-4-6-17-9-15/h4-7,9,12,18H,8,10-11H2,1-3H3. The van der Waals surface area contributed by atoms with E-state index < -0.39 is 0 Å². The number of ether oxygens (including phenoxy) is 1. The van der Waals surface area contributed by atoms with E-state index in [1.54, 1.807) is 12.4 Å². The van der Waals surface area contributed by atoms with Crippen molar-refractivity contribution in [3.8, 4) is 5.75 Å². The largest absolute Gasteiger partial charge is 0.487 e. The number of hydrogen-bond acceptors (Lipinski definition) is 4. The van der Waals surface area contributed by atoms with Gasteiger partial charge in [-0.2, -0.15) is 0 Å². The molecule has 0 unspecified atom stereocenters. The van der Waals surface area contributed by atoms with Crippen molar-refractivity contribution in [2.45, 2.75) is 33.9 Å². The Balaban J connectivity index is 1.87. The monoisotopic (exact) mass is 274 g/mol. The molecule has 2 aromatic rings. The molecule has 2 rings (SSSR count). The number of furan rings is 1. The molecule has 0 aliphatic heterocycles. The van der Waals surface area contributed by atoms with Crippen molar-refractivity contribution >= 4 is 0 Å². The Hall–Kier alpha value is -1.81. The van der Waals surface area contributed by atoms with Crippen LogP contribution in [0, 0.1) is 12.8 Å². The lowest BCUT2D eigenvalue weighted by Gasteiger charge is -2.04. The van der Waals surface area contributed by atoms with Crippen molar-refractivity contribution < 1.29 is 9.15 Å². The first-order valence-electron chi connectivity index (χ1n) is 6.97. The molecule has 4 heteroatoms. The Morgan fingerprint density at radius 2 is 2.25 bits per heavy atom. The number of pyridine rings is 1. The van der Waals surface area contributed by atoms with Crippen molar-refractivity contribution in [2.24, 2.45) is 5.92 Å². The van der Waals surface area contributed by atoms with Crippen LogP contribution in [0.5, 0.6) is 5.75 Å². The van der Waals surface area contributed by atoms with Crippen LogP contribution >= 0.6 is 0 Å². The Kier molecular flexibility index (Phi) is 5.18. The van der Waals surface area contributed by atoms with Gasteiger partial charge >= 0.3 is 0 Å². The zero-order valence-electron chi connectivity index (χ0n) is 12.3. The van der Waals surface area contributed by atoms with Gasteiger partial charge in [-0.1, -0.05) is 13.8 Å². The highest BCUT2D eigenvalue weighted by Gasteiger charge is 2.08. The number of nitrogens with zero attached hydrogens (tertiary/aromatic N) is 1. The third kappa shape index (κ3) is 4.38. The lowest BCUT2D eigenvalue weighted by molar-refractivity contribution is 0.301. The van der Waals surface area contributed by atoms with Gasteiger partial charge in [0.2, 0.25) is 0 Å². The quantitative estimate of drug-likeness (QED) is 0.841. The molecule has 2 heterocycles. The SMILES string of the molecule is Cc1oc(CNCC(C)C)cc1COc1cccnc1. The molecule has 0 aromatic carbocycles. The minimum Gasteiger partial charge on any atom is -0.487 e. The van der Waals surface area contributed by atoms with Crippen molar-refractivity contribution in [3.05, 3.63) is 47.7 Å². The van der Waals surface area contributed by atoms with Gasteiger partial charge in [0.15, 0.2) is 0 Å². The minimum absolute atomic E-state index is 0.505. The van der Waals surface area contributed by atoms with Crippen LogP contribution in [0.4, 0.5) is 0 Å². The fourth-order valence-electron chi connectivity index (χ4n) is 1.90. The zero-order valence-corrected chi connectivity index (χ0v) is 12.3. The van der Waals surface area contributed by atoms with Gasteiger partial charge in [-0.05, 0) is 37.6 Å². The van der Waals surface area contributed by atoms with Crippen molar-refractivity contribution in [1.82, 2.24) is 10.3 Å². The van der Waals surface area contributed by atoms with Gasteiger partial charge in [0.1, 0.15) is 23.9 Å². The summed E-state index contributed by atoms with van der Waals surface area (Å²) >= 11 is 0. The maximum Gasteiger partial charge on any atom is 0.138 e. The molecule has 1 N–H and O–H groups in total. The first-order valence-corrected chi connectivity index (χ1v) is 6.97. The average Bonchev–Trinajstić information content (AvgIpc) is 2.78. The van der Waals surface area contributed by atoms with E-state index in [0.29, 0.717) is 12.5 Å². The fourth-order valence-corrected chi connectivity index (χ4v) is 1.90. The van der Waals surface area contributed by atoms with Crippen LogP contribution in [-0.2, 0) is 13.2 Å². The Bertz CT molecular complexity index is 521. The highest BCUT2D eigenvalue weighted by molar-refractivity contribution is 5.22. The molecule has 0 aliphatic rings. The first kappa shape index (κ1) is 14.6. The van der Waals surface area contributed by atoms with E-state index in [1.165, 1.54) is 0 Å². The molecular weight excluding hydrogens is 252 g/mol. The Morgan fingerprint density at radius 1 is 1.40 bits per heavy atom. The number of aromatic nitrogens is 1. The molecule has 0 bridgehead atoms. The maximum absolute atomic E-state index is 5.73. The van der Waals surface area contributed by atoms with E-state index in [1.807, 2.05) is 19.1 Å². The predicted octanol–water partition coefficient (Wildman–Crippen LogP) is 3.31. The number of nitrogens with one attached hydrogen (secondary N) is 1. The normalized spacial score (nSPS) is 11.0. The van der Waals surface area contributed by atoms with Crippen molar-refractivity contribution in [1.29, 1.82) is 0 Å².